The third-order valence-corrected chi connectivity index (χ3v) is 4.61. The number of methoxy groups -OCH3 is 2. The summed E-state index contributed by atoms with van der Waals surface area (Å²) < 4.78 is 16.3. The molecule has 0 saturated carbocycles. The summed E-state index contributed by atoms with van der Waals surface area (Å²) in [5.74, 6) is 1.19. The smallest absolute Gasteiger partial charge is 0.188 e. The highest BCUT2D eigenvalue weighted by atomic mass is 79.9. The molecule has 0 amide bonds. The number of aryl methyl sites for hydroxylation is 4. The van der Waals surface area contributed by atoms with E-state index in [1.54, 1.807) is 14.2 Å². The predicted molar refractivity (Wildman–Crippen MR) is 119 cm³/mol. The normalized spacial score (nSPS) is 9.67. The minimum Gasteiger partial charge on any atom is -0.506 e. The minimum atomic E-state index is 0.280. The summed E-state index contributed by atoms with van der Waals surface area (Å²) in [5.41, 5.74) is 4.40. The van der Waals surface area contributed by atoms with Crippen molar-refractivity contribution in [1.82, 2.24) is 0 Å². The molecule has 2 aromatic carbocycles. The first-order chi connectivity index (χ1) is 12.7. The summed E-state index contributed by atoms with van der Waals surface area (Å²) in [6.45, 7) is 8.23. The first-order valence-electron chi connectivity index (χ1n) is 8.06. The molecular formula is C20H27Br2ClO4. The first kappa shape index (κ1) is 26.2. The summed E-state index contributed by atoms with van der Waals surface area (Å²) in [5, 5.41) is 9.28. The van der Waals surface area contributed by atoms with Gasteiger partial charge in [0, 0.05) is 14.2 Å². The lowest BCUT2D eigenvalue weighted by atomic mass is 10.1. The van der Waals surface area contributed by atoms with Crippen LogP contribution in [0.15, 0.2) is 33.2 Å². The second-order valence-electron chi connectivity index (χ2n) is 5.75. The Labute approximate surface area is 184 Å². The fourth-order valence-corrected chi connectivity index (χ4v) is 3.57. The molecule has 0 fully saturated rings. The number of rotatable bonds is 4. The number of phenolic OH excluding ortho intramolecular Hbond substituents is 1. The van der Waals surface area contributed by atoms with Crippen LogP contribution >= 0.6 is 43.5 Å². The fraction of sp³-hybridized carbons (Fsp3) is 0.400. The van der Waals surface area contributed by atoms with E-state index in [1.165, 1.54) is 5.56 Å². The van der Waals surface area contributed by atoms with Crippen LogP contribution in [0, 0.1) is 27.7 Å². The largest absolute Gasteiger partial charge is 0.506 e. The molecule has 0 bridgehead atoms. The third-order valence-electron chi connectivity index (χ3n) is 3.20. The lowest BCUT2D eigenvalue weighted by Crippen LogP contribution is -2.01. The van der Waals surface area contributed by atoms with Crippen LogP contribution in [0.3, 0.4) is 0 Å². The molecule has 2 aromatic rings. The maximum Gasteiger partial charge on any atom is 0.188 e. The Morgan fingerprint density at radius 1 is 0.852 bits per heavy atom. The lowest BCUT2D eigenvalue weighted by molar-refractivity contribution is 0.0501. The van der Waals surface area contributed by atoms with Gasteiger partial charge in [-0.25, -0.2) is 0 Å². The van der Waals surface area contributed by atoms with E-state index in [0.717, 1.165) is 31.4 Å². The molecule has 0 aliphatic heterocycles. The van der Waals surface area contributed by atoms with Gasteiger partial charge in [0.05, 0.1) is 8.95 Å². The van der Waals surface area contributed by atoms with E-state index in [4.69, 9.17) is 21.1 Å². The molecule has 4 nitrogen and oxygen atoms in total. The van der Waals surface area contributed by atoms with Gasteiger partial charge in [-0.1, -0.05) is 23.7 Å². The van der Waals surface area contributed by atoms with Crippen molar-refractivity contribution >= 4 is 43.5 Å². The van der Waals surface area contributed by atoms with Crippen LogP contribution in [0.4, 0.5) is 0 Å². The van der Waals surface area contributed by atoms with Gasteiger partial charge in [-0.2, -0.15) is 0 Å². The van der Waals surface area contributed by atoms with Crippen molar-refractivity contribution in [3.05, 3.63) is 55.5 Å². The average Bonchev–Trinajstić information content (AvgIpc) is 2.59. The molecule has 0 aromatic heterocycles. The molecule has 7 heteroatoms. The first-order valence-corrected chi connectivity index (χ1v) is 10.2. The zero-order valence-corrected chi connectivity index (χ0v) is 20.5. The Balaban J connectivity index is 0.000000428. The number of ether oxygens (including phenoxy) is 3. The second-order valence-corrected chi connectivity index (χ2v) is 7.68. The molecule has 0 saturated heterocycles. The summed E-state index contributed by atoms with van der Waals surface area (Å²) in [4.78, 5) is 0. The molecule has 0 aliphatic carbocycles. The van der Waals surface area contributed by atoms with Crippen LogP contribution < -0.4 is 4.74 Å². The zero-order valence-electron chi connectivity index (χ0n) is 16.5. The quantitative estimate of drug-likeness (QED) is 0.358. The van der Waals surface area contributed by atoms with Crippen LogP contribution in [0.5, 0.6) is 11.5 Å². The van der Waals surface area contributed by atoms with Gasteiger partial charge in [-0.15, -0.1) is 0 Å². The molecule has 0 unspecified atom stereocenters. The lowest BCUT2D eigenvalue weighted by Gasteiger charge is -2.10. The molecule has 2 rings (SSSR count). The summed E-state index contributed by atoms with van der Waals surface area (Å²) in [6.07, 6.45) is 0. The van der Waals surface area contributed by atoms with E-state index in [9.17, 15) is 5.11 Å². The number of phenols is 1. The van der Waals surface area contributed by atoms with Gasteiger partial charge >= 0.3 is 0 Å². The monoisotopic (exact) mass is 524 g/mol. The molecule has 0 radical (unpaired) electrons. The zero-order chi connectivity index (χ0) is 21.0. The molecule has 0 aliphatic rings. The van der Waals surface area contributed by atoms with Crippen LogP contribution in [0.25, 0.3) is 0 Å². The van der Waals surface area contributed by atoms with Crippen molar-refractivity contribution in [2.45, 2.75) is 27.7 Å². The maximum absolute atomic E-state index is 9.28. The SMILES string of the molecule is COCCl.COCOc1c(C)cc(C)cc1Br.Cc1cc(C)c(O)c(Br)c1. The van der Waals surface area contributed by atoms with Gasteiger partial charge in [0.2, 0.25) is 0 Å². The number of hydrogen-bond donors (Lipinski definition) is 1. The Bertz CT molecular complexity index is 660. The van der Waals surface area contributed by atoms with E-state index >= 15 is 0 Å². The topological polar surface area (TPSA) is 47.9 Å². The molecule has 152 valence electrons. The minimum absolute atomic E-state index is 0.280. The molecule has 0 spiro atoms. The molecular weight excluding hydrogens is 499 g/mol. The molecule has 27 heavy (non-hydrogen) atoms. The number of halogens is 3. The summed E-state index contributed by atoms with van der Waals surface area (Å²) in [7, 11) is 3.16. The van der Waals surface area contributed by atoms with Crippen LogP contribution in [-0.4, -0.2) is 32.2 Å². The third kappa shape index (κ3) is 10.4. The van der Waals surface area contributed by atoms with E-state index in [1.807, 2.05) is 39.0 Å². The summed E-state index contributed by atoms with van der Waals surface area (Å²) >= 11 is 11.7. The van der Waals surface area contributed by atoms with Crippen molar-refractivity contribution in [2.24, 2.45) is 0 Å². The van der Waals surface area contributed by atoms with Gasteiger partial charge in [-0.05, 0) is 93.9 Å². The van der Waals surface area contributed by atoms with Crippen LogP contribution in [-0.2, 0) is 9.47 Å². The molecule has 0 atom stereocenters. The van der Waals surface area contributed by atoms with E-state index in [0.29, 0.717) is 11.8 Å². The second kappa shape index (κ2) is 14.2. The highest BCUT2D eigenvalue weighted by Gasteiger charge is 2.05. The number of aromatic hydroxyl groups is 1. The Morgan fingerprint density at radius 2 is 1.33 bits per heavy atom. The van der Waals surface area contributed by atoms with Crippen molar-refractivity contribution in [1.29, 1.82) is 0 Å². The highest BCUT2D eigenvalue weighted by Crippen LogP contribution is 2.30. The standard InChI is InChI=1S/C10H13BrO2.C8H9BrO.C2H5ClO/c1-7-4-8(2)10(9(11)5-7)13-6-12-3;1-5-3-6(2)8(10)7(9)4-5;1-4-2-3/h4-5H,6H2,1-3H3;3-4,10H,1-2H3;2H2,1H3. The fourth-order valence-electron chi connectivity index (χ4n) is 2.11. The number of benzene rings is 2. The Kier molecular flexibility index (Phi) is 13.8. The number of alkyl halides is 1. The predicted octanol–water partition coefficient (Wildman–Crippen LogP) is 6.65. The van der Waals surface area contributed by atoms with Crippen molar-refractivity contribution in [3.8, 4) is 11.5 Å². The van der Waals surface area contributed by atoms with Gasteiger partial charge in [0.15, 0.2) is 6.79 Å². The Morgan fingerprint density at radius 3 is 1.74 bits per heavy atom. The van der Waals surface area contributed by atoms with Gasteiger partial charge in [-0.3, -0.25) is 0 Å². The average molecular weight is 527 g/mol. The maximum atomic E-state index is 9.28. The van der Waals surface area contributed by atoms with Crippen molar-refractivity contribution < 1.29 is 19.3 Å². The van der Waals surface area contributed by atoms with Gasteiger partial charge < -0.3 is 19.3 Å². The van der Waals surface area contributed by atoms with E-state index in [2.05, 4.69) is 49.6 Å². The summed E-state index contributed by atoms with van der Waals surface area (Å²) in [6, 6.07) is 8.23. The number of hydrogen-bond acceptors (Lipinski definition) is 4. The van der Waals surface area contributed by atoms with E-state index < -0.39 is 0 Å². The molecule has 0 heterocycles. The van der Waals surface area contributed by atoms with Crippen LogP contribution in [0.1, 0.15) is 22.3 Å². The van der Waals surface area contributed by atoms with Gasteiger partial charge in [0.1, 0.15) is 17.6 Å². The van der Waals surface area contributed by atoms with Gasteiger partial charge in [0.25, 0.3) is 0 Å². The van der Waals surface area contributed by atoms with Crippen molar-refractivity contribution in [2.75, 3.05) is 27.1 Å². The van der Waals surface area contributed by atoms with E-state index in [-0.39, 0.29) is 6.79 Å². The Hall–Kier alpha value is -0.790. The molecule has 1 N–H and O–H groups in total. The van der Waals surface area contributed by atoms with Crippen molar-refractivity contribution in [3.63, 3.8) is 0 Å². The van der Waals surface area contributed by atoms with Crippen LogP contribution in [0.2, 0.25) is 0 Å². The highest BCUT2D eigenvalue weighted by molar-refractivity contribution is 9.10.